The Balaban J connectivity index is 1.68. The predicted molar refractivity (Wildman–Crippen MR) is 143 cm³/mol. The first-order valence-corrected chi connectivity index (χ1v) is 14.5. The zero-order valence-corrected chi connectivity index (χ0v) is 22.0. The Labute approximate surface area is 217 Å². The molecule has 8 nitrogen and oxygen atoms in total. The fourth-order valence-corrected chi connectivity index (χ4v) is 7.36. The van der Waals surface area contributed by atoms with Crippen molar-refractivity contribution in [1.82, 2.24) is 8.69 Å². The lowest BCUT2D eigenvalue weighted by Gasteiger charge is -2.27. The van der Waals surface area contributed by atoms with Crippen molar-refractivity contribution in [2.75, 3.05) is 6.54 Å². The maximum atomic E-state index is 13.6. The summed E-state index contributed by atoms with van der Waals surface area (Å²) in [5.74, 6) is -0.262. The van der Waals surface area contributed by atoms with Crippen LogP contribution in [0.5, 0.6) is 0 Å². The second-order valence-electron chi connectivity index (χ2n) is 8.64. The molecule has 192 valence electrons. The van der Waals surface area contributed by atoms with E-state index in [2.05, 4.69) is 10.1 Å². The first-order valence-electron chi connectivity index (χ1n) is 11.6. The van der Waals surface area contributed by atoms with Crippen LogP contribution in [0.4, 0.5) is 0 Å². The summed E-state index contributed by atoms with van der Waals surface area (Å²) in [6, 6.07) is 24.3. The molecule has 1 heterocycles. The number of hydrogen-bond donors (Lipinski definition) is 0. The van der Waals surface area contributed by atoms with E-state index in [4.69, 9.17) is 4.84 Å². The van der Waals surface area contributed by atoms with E-state index < -0.39 is 32.7 Å². The van der Waals surface area contributed by atoms with Crippen LogP contribution in [-0.2, 0) is 24.9 Å². The predicted octanol–water partition coefficient (Wildman–Crippen LogP) is 4.69. The topological polar surface area (TPSA) is 106 Å². The van der Waals surface area contributed by atoms with Crippen LogP contribution in [0.1, 0.15) is 19.4 Å². The second-order valence-corrected chi connectivity index (χ2v) is 12.6. The first kappa shape index (κ1) is 26.5. The average molecular weight is 538 g/mol. The van der Waals surface area contributed by atoms with Crippen LogP contribution >= 0.6 is 0 Å². The molecular weight excluding hydrogens is 510 g/mol. The highest BCUT2D eigenvalue weighted by atomic mass is 32.3. The van der Waals surface area contributed by atoms with Gasteiger partial charge in [0, 0.05) is 17.1 Å². The first-order chi connectivity index (χ1) is 17.7. The number of hydrogen-bond acceptors (Lipinski definition) is 7. The summed E-state index contributed by atoms with van der Waals surface area (Å²) in [6.07, 6.45) is 2.31. The van der Waals surface area contributed by atoms with Crippen molar-refractivity contribution < 1.29 is 21.7 Å². The van der Waals surface area contributed by atoms with Crippen molar-refractivity contribution in [2.24, 2.45) is 11.1 Å². The van der Waals surface area contributed by atoms with Gasteiger partial charge in [-0.05, 0) is 36.2 Å². The molecule has 4 rings (SSSR count). The summed E-state index contributed by atoms with van der Waals surface area (Å²) < 4.78 is 54.9. The number of rotatable bonds is 10. The maximum absolute atomic E-state index is 13.6. The molecule has 0 N–H and O–H groups in total. The molecule has 1 aromatic heterocycles. The molecule has 4 aromatic rings. The van der Waals surface area contributed by atoms with E-state index in [-0.39, 0.29) is 15.7 Å². The minimum Gasteiger partial charge on any atom is -0.391 e. The minimum absolute atomic E-state index is 0.137. The summed E-state index contributed by atoms with van der Waals surface area (Å²) in [5, 5.41) is 5.03. The van der Waals surface area contributed by atoms with Crippen molar-refractivity contribution in [2.45, 2.75) is 29.7 Å². The molecule has 1 unspecified atom stereocenters. The van der Waals surface area contributed by atoms with E-state index >= 15 is 0 Å². The summed E-state index contributed by atoms with van der Waals surface area (Å²) in [7, 11) is -8.88. The summed E-state index contributed by atoms with van der Waals surface area (Å²) in [5.41, 5.74) is 1.45. The molecule has 0 saturated heterocycles. The molecule has 0 saturated carbocycles. The van der Waals surface area contributed by atoms with Gasteiger partial charge in [0.25, 0.3) is 20.0 Å². The smallest absolute Gasteiger partial charge is 0.256 e. The summed E-state index contributed by atoms with van der Waals surface area (Å²) in [6.45, 7) is 3.15. The van der Waals surface area contributed by atoms with E-state index in [1.165, 1.54) is 30.5 Å². The second kappa shape index (κ2) is 11.2. The number of aromatic nitrogens is 1. The van der Waals surface area contributed by atoms with Crippen molar-refractivity contribution in [1.29, 1.82) is 0 Å². The SMILES string of the molecule is CC(C)C(CN(S(=O)(=O)c1ccccc1)S(=O)(=O)c1ccccc1)O/N=C/c1cccc2cccnc12. The van der Waals surface area contributed by atoms with Gasteiger partial charge in [-0.3, -0.25) is 4.98 Å². The van der Waals surface area contributed by atoms with Crippen LogP contribution in [0, 0.1) is 5.92 Å². The van der Waals surface area contributed by atoms with Crippen LogP contribution in [0.3, 0.4) is 0 Å². The summed E-state index contributed by atoms with van der Waals surface area (Å²) in [4.78, 5) is 9.83. The lowest BCUT2D eigenvalue weighted by molar-refractivity contribution is 0.0237. The molecule has 0 amide bonds. The van der Waals surface area contributed by atoms with Gasteiger partial charge in [0.15, 0.2) is 0 Å². The Morgan fingerprint density at radius 2 is 1.38 bits per heavy atom. The normalized spacial score (nSPS) is 13.4. The van der Waals surface area contributed by atoms with Crippen molar-refractivity contribution in [3.63, 3.8) is 0 Å². The monoisotopic (exact) mass is 537 g/mol. The van der Waals surface area contributed by atoms with Gasteiger partial charge in [0.2, 0.25) is 0 Å². The van der Waals surface area contributed by atoms with Crippen molar-refractivity contribution in [3.05, 3.63) is 103 Å². The van der Waals surface area contributed by atoms with Gasteiger partial charge in [-0.15, -0.1) is 0 Å². The highest BCUT2D eigenvalue weighted by Crippen LogP contribution is 2.26. The molecule has 1 atom stereocenters. The molecule has 10 heteroatoms. The van der Waals surface area contributed by atoms with Gasteiger partial charge in [-0.1, -0.05) is 83.4 Å². The van der Waals surface area contributed by atoms with E-state index in [1.807, 2.05) is 44.2 Å². The lowest BCUT2D eigenvalue weighted by Crippen LogP contribution is -2.43. The molecule has 0 bridgehead atoms. The van der Waals surface area contributed by atoms with E-state index in [0.29, 0.717) is 9.27 Å². The molecule has 0 aliphatic carbocycles. The van der Waals surface area contributed by atoms with Crippen LogP contribution < -0.4 is 0 Å². The Hall–Kier alpha value is -3.60. The van der Waals surface area contributed by atoms with Gasteiger partial charge < -0.3 is 4.84 Å². The fraction of sp³-hybridized carbons (Fsp3) is 0.185. The number of oxime groups is 1. The molecule has 0 aliphatic rings. The molecule has 3 aromatic carbocycles. The van der Waals surface area contributed by atoms with E-state index in [9.17, 15) is 16.8 Å². The third-order valence-electron chi connectivity index (χ3n) is 5.74. The van der Waals surface area contributed by atoms with Crippen LogP contribution in [0.2, 0.25) is 0 Å². The average Bonchev–Trinajstić information content (AvgIpc) is 2.91. The number of fused-ring (bicyclic) bond motifs is 1. The molecule has 37 heavy (non-hydrogen) atoms. The Bertz CT molecular complexity index is 1520. The van der Waals surface area contributed by atoms with Crippen LogP contribution in [0.25, 0.3) is 10.9 Å². The van der Waals surface area contributed by atoms with Crippen molar-refractivity contribution >= 4 is 37.2 Å². The minimum atomic E-state index is -4.44. The number of para-hydroxylation sites is 1. The number of nitrogens with zero attached hydrogens (tertiary/aromatic N) is 3. The zero-order chi connectivity index (χ0) is 26.5. The van der Waals surface area contributed by atoms with E-state index in [0.717, 1.165) is 10.9 Å². The Morgan fingerprint density at radius 1 is 0.811 bits per heavy atom. The van der Waals surface area contributed by atoms with E-state index in [1.54, 1.807) is 42.6 Å². The molecule has 0 aliphatic heterocycles. The lowest BCUT2D eigenvalue weighted by atomic mass is 10.1. The summed E-state index contributed by atoms with van der Waals surface area (Å²) >= 11 is 0. The zero-order valence-electron chi connectivity index (χ0n) is 20.4. The number of pyridine rings is 1. The van der Waals surface area contributed by atoms with Gasteiger partial charge in [0.05, 0.1) is 28.1 Å². The maximum Gasteiger partial charge on any atom is 0.256 e. The van der Waals surface area contributed by atoms with Gasteiger partial charge in [0.1, 0.15) is 6.10 Å². The molecule has 0 spiro atoms. The third kappa shape index (κ3) is 5.87. The molecule has 0 fully saturated rings. The van der Waals surface area contributed by atoms with Gasteiger partial charge in [-0.2, -0.15) is 0 Å². The quantitative estimate of drug-likeness (QED) is 0.215. The Kier molecular flexibility index (Phi) is 8.01. The van der Waals surface area contributed by atoms with Gasteiger partial charge in [-0.25, -0.2) is 16.8 Å². The molecule has 0 radical (unpaired) electrons. The third-order valence-corrected chi connectivity index (χ3v) is 10.0. The largest absolute Gasteiger partial charge is 0.391 e. The van der Waals surface area contributed by atoms with Gasteiger partial charge >= 0.3 is 0 Å². The number of benzene rings is 3. The standard InChI is InChI=1S/C27H27N3O5S2/c1-21(2)26(35-29-19-23-12-9-11-22-13-10-18-28-27(22)23)20-30(36(31,32)24-14-5-3-6-15-24)37(33,34)25-16-7-4-8-17-25/h3-19,21,26H,20H2,1-2H3/b29-19+. The Morgan fingerprint density at radius 3 is 1.95 bits per heavy atom. The highest BCUT2D eigenvalue weighted by molar-refractivity contribution is 8.04. The highest BCUT2D eigenvalue weighted by Gasteiger charge is 2.39. The van der Waals surface area contributed by atoms with Crippen molar-refractivity contribution in [3.8, 4) is 0 Å². The molecular formula is C27H27N3O5S2. The van der Waals surface area contributed by atoms with Crippen LogP contribution in [-0.4, -0.2) is 44.4 Å². The van der Waals surface area contributed by atoms with Crippen LogP contribution in [0.15, 0.2) is 112 Å². The fourth-order valence-electron chi connectivity index (χ4n) is 3.66. The number of sulfonamides is 2.